The molecule has 11 heavy (non-hydrogen) atoms. The van der Waals surface area contributed by atoms with Gasteiger partial charge in [-0.05, 0) is 0 Å². The van der Waals surface area contributed by atoms with Crippen LogP contribution in [0.25, 0.3) is 0 Å². The molecule has 2 fully saturated rings. The van der Waals surface area contributed by atoms with Gasteiger partial charge in [-0.3, -0.25) is 0 Å². The van der Waals surface area contributed by atoms with E-state index in [0.29, 0.717) is 0 Å². The Labute approximate surface area is 63.5 Å². The molecule has 0 spiro atoms. The van der Waals surface area contributed by atoms with Crippen molar-refractivity contribution in [3.05, 3.63) is 0 Å². The van der Waals surface area contributed by atoms with Gasteiger partial charge in [0.05, 0.1) is 6.61 Å². The van der Waals surface area contributed by atoms with Gasteiger partial charge in [0, 0.05) is 0 Å². The highest BCUT2D eigenvalue weighted by atomic mass is 16.8. The van der Waals surface area contributed by atoms with Gasteiger partial charge in [-0.25, -0.2) is 0 Å². The second kappa shape index (κ2) is 2.69. The van der Waals surface area contributed by atoms with E-state index in [1.807, 2.05) is 0 Å². The van der Waals surface area contributed by atoms with Gasteiger partial charge in [-0.15, -0.1) is 0 Å². The van der Waals surface area contributed by atoms with Crippen LogP contribution < -0.4 is 0 Å². The Morgan fingerprint density at radius 2 is 2.00 bits per heavy atom. The maximum atomic E-state index is 9.26. The molecule has 2 heterocycles. The largest absolute Gasteiger partial charge is 0.387 e. The SMILES string of the molecule is O[C@H]1[C@@H]2OCOC[C@@H](O2)[C@H]1O. The van der Waals surface area contributed by atoms with E-state index in [1.165, 1.54) is 0 Å². The van der Waals surface area contributed by atoms with Gasteiger partial charge in [-0.1, -0.05) is 0 Å². The van der Waals surface area contributed by atoms with Crippen LogP contribution in [0.4, 0.5) is 0 Å². The highest BCUT2D eigenvalue weighted by Gasteiger charge is 2.44. The molecular formula is C6H10O5. The Balaban J connectivity index is 2.10. The Morgan fingerprint density at radius 1 is 1.18 bits per heavy atom. The summed E-state index contributed by atoms with van der Waals surface area (Å²) in [6.45, 7) is 0.389. The van der Waals surface area contributed by atoms with E-state index >= 15 is 0 Å². The standard InChI is InChI=1S/C6H10O5/c7-4-3-1-9-2-10-6(11-3)5(4)8/h3-8H,1-2H2/t3-,4-,5-,6-/m1/s1. The Hall–Kier alpha value is -0.200. The molecule has 2 aliphatic rings. The lowest BCUT2D eigenvalue weighted by Gasteiger charge is -2.16. The van der Waals surface area contributed by atoms with E-state index < -0.39 is 24.6 Å². The molecule has 2 bridgehead atoms. The number of hydrogen-bond acceptors (Lipinski definition) is 5. The van der Waals surface area contributed by atoms with Crippen LogP contribution in [0, 0.1) is 0 Å². The van der Waals surface area contributed by atoms with Crippen molar-refractivity contribution in [1.29, 1.82) is 0 Å². The Bertz CT molecular complexity index is 134. The minimum atomic E-state index is -0.941. The topological polar surface area (TPSA) is 68.2 Å². The van der Waals surface area contributed by atoms with E-state index in [2.05, 4.69) is 0 Å². The van der Waals surface area contributed by atoms with Crippen LogP contribution >= 0.6 is 0 Å². The molecule has 2 saturated heterocycles. The smallest absolute Gasteiger partial charge is 0.189 e. The summed E-state index contributed by atoms with van der Waals surface area (Å²) in [4.78, 5) is 0. The summed E-state index contributed by atoms with van der Waals surface area (Å²) in [6.07, 6.45) is -3.00. The number of fused-ring (bicyclic) bond motifs is 2. The predicted molar refractivity (Wildman–Crippen MR) is 32.6 cm³/mol. The Morgan fingerprint density at radius 3 is 2.82 bits per heavy atom. The van der Waals surface area contributed by atoms with Gasteiger partial charge < -0.3 is 24.4 Å². The fourth-order valence-corrected chi connectivity index (χ4v) is 1.27. The average molecular weight is 162 g/mol. The molecule has 0 aromatic rings. The fourth-order valence-electron chi connectivity index (χ4n) is 1.27. The predicted octanol–water partition coefficient (Wildman–Crippen LogP) is -1.56. The molecule has 2 rings (SSSR count). The van der Waals surface area contributed by atoms with Crippen LogP contribution in [0.5, 0.6) is 0 Å². The summed E-state index contributed by atoms with van der Waals surface area (Å²) in [7, 11) is 0. The number of aliphatic hydroxyl groups is 2. The van der Waals surface area contributed by atoms with Crippen molar-refractivity contribution < 1.29 is 24.4 Å². The zero-order valence-corrected chi connectivity index (χ0v) is 5.84. The van der Waals surface area contributed by atoms with Crippen molar-refractivity contribution in [3.63, 3.8) is 0 Å². The first-order valence-electron chi connectivity index (χ1n) is 3.50. The van der Waals surface area contributed by atoms with Crippen molar-refractivity contribution in [3.8, 4) is 0 Å². The van der Waals surface area contributed by atoms with Gasteiger partial charge in [0.1, 0.15) is 25.1 Å². The fraction of sp³-hybridized carbons (Fsp3) is 1.00. The highest BCUT2D eigenvalue weighted by Crippen LogP contribution is 2.24. The maximum absolute atomic E-state index is 9.26. The van der Waals surface area contributed by atoms with E-state index in [0.717, 1.165) is 0 Å². The minimum absolute atomic E-state index is 0.116. The summed E-state index contributed by atoms with van der Waals surface area (Å²) < 4.78 is 15.0. The molecule has 0 aromatic heterocycles. The lowest BCUT2D eigenvalue weighted by Crippen LogP contribution is -2.37. The van der Waals surface area contributed by atoms with Crippen LogP contribution in [-0.4, -0.2) is 48.2 Å². The first-order chi connectivity index (χ1) is 5.29. The van der Waals surface area contributed by atoms with Crippen molar-refractivity contribution >= 4 is 0 Å². The molecule has 0 aliphatic carbocycles. The molecule has 0 aromatic carbocycles. The quantitative estimate of drug-likeness (QED) is 0.450. The molecular weight excluding hydrogens is 152 g/mol. The van der Waals surface area contributed by atoms with Crippen molar-refractivity contribution in [2.45, 2.75) is 24.6 Å². The third kappa shape index (κ3) is 1.15. The zero-order valence-electron chi connectivity index (χ0n) is 5.84. The maximum Gasteiger partial charge on any atom is 0.189 e. The summed E-state index contributed by atoms with van der Waals surface area (Å²) >= 11 is 0. The molecule has 0 unspecified atom stereocenters. The summed E-state index contributed by atoms with van der Waals surface area (Å²) in [5, 5.41) is 18.5. The molecule has 0 amide bonds. The van der Waals surface area contributed by atoms with Crippen LogP contribution in [0.1, 0.15) is 0 Å². The van der Waals surface area contributed by atoms with Gasteiger partial charge in [0.2, 0.25) is 0 Å². The second-order valence-electron chi connectivity index (χ2n) is 2.68. The van der Waals surface area contributed by atoms with E-state index in [9.17, 15) is 10.2 Å². The second-order valence-corrected chi connectivity index (χ2v) is 2.68. The minimum Gasteiger partial charge on any atom is -0.387 e. The van der Waals surface area contributed by atoms with Crippen LogP contribution in [0.2, 0.25) is 0 Å². The van der Waals surface area contributed by atoms with Crippen LogP contribution in [0.3, 0.4) is 0 Å². The monoisotopic (exact) mass is 162 g/mol. The number of aliphatic hydroxyl groups excluding tert-OH is 2. The van der Waals surface area contributed by atoms with E-state index in [1.54, 1.807) is 0 Å². The highest BCUT2D eigenvalue weighted by molar-refractivity contribution is 4.87. The van der Waals surface area contributed by atoms with Crippen LogP contribution in [-0.2, 0) is 14.2 Å². The summed E-state index contributed by atoms with van der Waals surface area (Å²) in [5.41, 5.74) is 0. The molecule has 5 nitrogen and oxygen atoms in total. The summed E-state index contributed by atoms with van der Waals surface area (Å²) in [6, 6.07) is 0. The third-order valence-corrected chi connectivity index (χ3v) is 1.92. The number of ether oxygens (including phenoxy) is 3. The average Bonchev–Trinajstić information content (AvgIpc) is 2.31. The first kappa shape index (κ1) is 7.45. The van der Waals surface area contributed by atoms with E-state index in [-0.39, 0.29) is 13.4 Å². The zero-order chi connectivity index (χ0) is 7.84. The molecule has 0 saturated carbocycles. The third-order valence-electron chi connectivity index (χ3n) is 1.92. The molecule has 0 radical (unpaired) electrons. The molecule has 2 aliphatic heterocycles. The lowest BCUT2D eigenvalue weighted by atomic mass is 10.1. The Kier molecular flexibility index (Phi) is 1.82. The molecule has 5 heteroatoms. The van der Waals surface area contributed by atoms with Gasteiger partial charge >= 0.3 is 0 Å². The normalized spacial score (nSPS) is 50.7. The van der Waals surface area contributed by atoms with Crippen molar-refractivity contribution in [1.82, 2.24) is 0 Å². The summed E-state index contributed by atoms with van der Waals surface area (Å²) in [5.74, 6) is 0. The lowest BCUT2D eigenvalue weighted by molar-refractivity contribution is -0.179. The molecule has 4 atom stereocenters. The van der Waals surface area contributed by atoms with Gasteiger partial charge in [0.15, 0.2) is 6.29 Å². The van der Waals surface area contributed by atoms with Crippen LogP contribution in [0.15, 0.2) is 0 Å². The van der Waals surface area contributed by atoms with Crippen molar-refractivity contribution in [2.75, 3.05) is 13.4 Å². The van der Waals surface area contributed by atoms with Gasteiger partial charge in [-0.2, -0.15) is 0 Å². The first-order valence-corrected chi connectivity index (χ1v) is 3.50. The van der Waals surface area contributed by atoms with Gasteiger partial charge in [0.25, 0.3) is 0 Å². The molecule has 2 N–H and O–H groups in total. The number of hydrogen-bond donors (Lipinski definition) is 2. The van der Waals surface area contributed by atoms with Crippen molar-refractivity contribution in [2.24, 2.45) is 0 Å². The molecule has 64 valence electrons. The van der Waals surface area contributed by atoms with E-state index in [4.69, 9.17) is 14.2 Å². The number of rotatable bonds is 0.